The lowest BCUT2D eigenvalue weighted by Gasteiger charge is -2.35. The SMILES string of the molecule is CCN(C(=O)[C@@H](N)c1ccccc1)C1CCCCC1. The topological polar surface area (TPSA) is 46.3 Å². The number of nitrogens with two attached hydrogens (primary N) is 1. The van der Waals surface area contributed by atoms with Crippen molar-refractivity contribution in [2.24, 2.45) is 5.73 Å². The van der Waals surface area contributed by atoms with Crippen molar-refractivity contribution in [1.29, 1.82) is 0 Å². The molecule has 0 bridgehead atoms. The maximum atomic E-state index is 12.6. The lowest BCUT2D eigenvalue weighted by molar-refractivity contribution is -0.135. The summed E-state index contributed by atoms with van der Waals surface area (Å²) in [6, 6.07) is 9.52. The average Bonchev–Trinajstić information content (AvgIpc) is 2.49. The standard InChI is InChI=1S/C16H24N2O/c1-2-18(14-11-7-4-8-12-14)16(19)15(17)13-9-5-3-6-10-13/h3,5-6,9-10,14-15H,2,4,7-8,11-12,17H2,1H3/t15-/m0/s1. The lowest BCUT2D eigenvalue weighted by atomic mass is 9.93. The van der Waals surface area contributed by atoms with Crippen molar-refractivity contribution in [1.82, 2.24) is 4.90 Å². The van der Waals surface area contributed by atoms with Gasteiger partial charge in [-0.25, -0.2) is 0 Å². The number of benzene rings is 1. The van der Waals surface area contributed by atoms with Gasteiger partial charge in [0.1, 0.15) is 6.04 Å². The smallest absolute Gasteiger partial charge is 0.244 e. The summed E-state index contributed by atoms with van der Waals surface area (Å²) in [6.45, 7) is 2.80. The molecule has 1 amide bonds. The Morgan fingerprint density at radius 3 is 2.47 bits per heavy atom. The molecule has 3 nitrogen and oxygen atoms in total. The summed E-state index contributed by atoms with van der Waals surface area (Å²) in [6.07, 6.45) is 6.01. The summed E-state index contributed by atoms with van der Waals surface area (Å²) in [4.78, 5) is 14.6. The largest absolute Gasteiger partial charge is 0.338 e. The average molecular weight is 260 g/mol. The molecule has 1 aromatic rings. The summed E-state index contributed by atoms with van der Waals surface area (Å²) in [7, 11) is 0. The van der Waals surface area contributed by atoms with Gasteiger partial charge >= 0.3 is 0 Å². The zero-order valence-electron chi connectivity index (χ0n) is 11.7. The van der Waals surface area contributed by atoms with E-state index in [-0.39, 0.29) is 5.91 Å². The highest BCUT2D eigenvalue weighted by Crippen LogP contribution is 2.24. The Morgan fingerprint density at radius 1 is 1.26 bits per heavy atom. The maximum absolute atomic E-state index is 12.6. The van der Waals surface area contributed by atoms with Crippen molar-refractivity contribution in [2.75, 3.05) is 6.54 Å². The minimum atomic E-state index is -0.525. The minimum absolute atomic E-state index is 0.0700. The van der Waals surface area contributed by atoms with Gasteiger partial charge in [-0.05, 0) is 25.3 Å². The fraction of sp³-hybridized carbons (Fsp3) is 0.562. The molecule has 1 aromatic carbocycles. The van der Waals surface area contributed by atoms with Crippen LogP contribution in [0.2, 0.25) is 0 Å². The van der Waals surface area contributed by atoms with E-state index in [1.807, 2.05) is 42.2 Å². The quantitative estimate of drug-likeness (QED) is 0.904. The first-order chi connectivity index (χ1) is 9.24. The summed E-state index contributed by atoms with van der Waals surface area (Å²) in [5.74, 6) is 0.0700. The molecular formula is C16H24N2O. The molecule has 2 N–H and O–H groups in total. The van der Waals surface area contributed by atoms with Gasteiger partial charge in [-0.15, -0.1) is 0 Å². The van der Waals surface area contributed by atoms with Gasteiger partial charge in [-0.3, -0.25) is 4.79 Å². The zero-order chi connectivity index (χ0) is 13.7. The van der Waals surface area contributed by atoms with Crippen LogP contribution in [0.4, 0.5) is 0 Å². The number of carbonyl (C=O) groups is 1. The van der Waals surface area contributed by atoms with Gasteiger partial charge in [0.05, 0.1) is 0 Å². The number of hydrogen-bond acceptors (Lipinski definition) is 2. The van der Waals surface area contributed by atoms with Gasteiger partial charge in [0.2, 0.25) is 5.91 Å². The molecule has 0 unspecified atom stereocenters. The molecular weight excluding hydrogens is 236 g/mol. The molecule has 1 fully saturated rings. The highest BCUT2D eigenvalue weighted by atomic mass is 16.2. The van der Waals surface area contributed by atoms with Crippen molar-refractivity contribution in [2.45, 2.75) is 51.1 Å². The molecule has 104 valence electrons. The van der Waals surface area contributed by atoms with E-state index < -0.39 is 6.04 Å². The maximum Gasteiger partial charge on any atom is 0.244 e. The lowest BCUT2D eigenvalue weighted by Crippen LogP contribution is -2.45. The predicted octanol–water partition coefficient (Wildman–Crippen LogP) is 2.87. The molecule has 1 aliphatic carbocycles. The van der Waals surface area contributed by atoms with Crippen LogP contribution in [0, 0.1) is 0 Å². The van der Waals surface area contributed by atoms with E-state index in [1.165, 1.54) is 19.3 Å². The monoisotopic (exact) mass is 260 g/mol. The summed E-state index contributed by atoms with van der Waals surface area (Å²) in [5.41, 5.74) is 7.03. The Morgan fingerprint density at radius 2 is 1.89 bits per heavy atom. The van der Waals surface area contributed by atoms with E-state index in [9.17, 15) is 4.79 Å². The van der Waals surface area contributed by atoms with E-state index in [2.05, 4.69) is 0 Å². The Bertz CT molecular complexity index is 398. The van der Waals surface area contributed by atoms with Crippen molar-refractivity contribution in [3.63, 3.8) is 0 Å². The van der Waals surface area contributed by atoms with Crippen molar-refractivity contribution >= 4 is 5.91 Å². The Kier molecular flexibility index (Phi) is 4.97. The van der Waals surface area contributed by atoms with Crippen LogP contribution in [0.1, 0.15) is 50.6 Å². The predicted molar refractivity (Wildman–Crippen MR) is 77.6 cm³/mol. The van der Waals surface area contributed by atoms with Crippen LogP contribution in [0.15, 0.2) is 30.3 Å². The number of rotatable bonds is 4. The number of amides is 1. The summed E-state index contributed by atoms with van der Waals surface area (Å²) < 4.78 is 0. The minimum Gasteiger partial charge on any atom is -0.338 e. The summed E-state index contributed by atoms with van der Waals surface area (Å²) >= 11 is 0. The molecule has 19 heavy (non-hydrogen) atoms. The Labute approximate surface area is 115 Å². The first-order valence-corrected chi connectivity index (χ1v) is 7.35. The first kappa shape index (κ1) is 14.1. The van der Waals surface area contributed by atoms with Gasteiger partial charge in [-0.2, -0.15) is 0 Å². The van der Waals surface area contributed by atoms with Crippen LogP contribution in [-0.4, -0.2) is 23.4 Å². The molecule has 2 rings (SSSR count). The number of carbonyl (C=O) groups excluding carboxylic acids is 1. The molecule has 0 saturated heterocycles. The normalized spacial score (nSPS) is 18.0. The van der Waals surface area contributed by atoms with Crippen molar-refractivity contribution < 1.29 is 4.79 Å². The fourth-order valence-electron chi connectivity index (χ4n) is 2.97. The van der Waals surface area contributed by atoms with E-state index in [0.29, 0.717) is 6.04 Å². The fourth-order valence-corrected chi connectivity index (χ4v) is 2.97. The van der Waals surface area contributed by atoms with Crippen molar-refractivity contribution in [3.05, 3.63) is 35.9 Å². The number of hydrogen-bond donors (Lipinski definition) is 1. The third kappa shape index (κ3) is 3.35. The van der Waals surface area contributed by atoms with E-state index in [1.54, 1.807) is 0 Å². The van der Waals surface area contributed by atoms with E-state index in [0.717, 1.165) is 24.9 Å². The highest BCUT2D eigenvalue weighted by Gasteiger charge is 2.28. The van der Waals surface area contributed by atoms with Crippen LogP contribution in [0.5, 0.6) is 0 Å². The van der Waals surface area contributed by atoms with Gasteiger partial charge in [-0.1, -0.05) is 49.6 Å². The highest BCUT2D eigenvalue weighted by molar-refractivity contribution is 5.83. The van der Waals surface area contributed by atoms with Gasteiger partial charge in [0.15, 0.2) is 0 Å². The van der Waals surface area contributed by atoms with Crippen LogP contribution >= 0.6 is 0 Å². The summed E-state index contributed by atoms with van der Waals surface area (Å²) in [5, 5.41) is 0. The third-order valence-corrected chi connectivity index (χ3v) is 4.06. The number of nitrogens with zero attached hydrogens (tertiary/aromatic N) is 1. The number of likely N-dealkylation sites (N-methyl/N-ethyl adjacent to an activating group) is 1. The second-order valence-corrected chi connectivity index (χ2v) is 5.30. The van der Waals surface area contributed by atoms with Crippen molar-refractivity contribution in [3.8, 4) is 0 Å². The zero-order valence-corrected chi connectivity index (χ0v) is 11.7. The van der Waals surface area contributed by atoms with Crippen LogP contribution in [-0.2, 0) is 4.79 Å². The molecule has 1 saturated carbocycles. The molecule has 0 radical (unpaired) electrons. The van der Waals surface area contributed by atoms with E-state index in [4.69, 9.17) is 5.73 Å². The van der Waals surface area contributed by atoms with E-state index >= 15 is 0 Å². The van der Waals surface area contributed by atoms with Crippen LogP contribution in [0.25, 0.3) is 0 Å². The first-order valence-electron chi connectivity index (χ1n) is 7.35. The molecule has 1 aliphatic rings. The molecule has 3 heteroatoms. The second kappa shape index (κ2) is 6.71. The molecule has 1 atom stereocenters. The van der Waals surface area contributed by atoms with Gasteiger partial charge in [0.25, 0.3) is 0 Å². The molecule has 0 spiro atoms. The molecule has 0 aliphatic heterocycles. The second-order valence-electron chi connectivity index (χ2n) is 5.30. The Balaban J connectivity index is 2.07. The Hall–Kier alpha value is -1.35. The molecule has 0 heterocycles. The van der Waals surface area contributed by atoms with Crippen LogP contribution < -0.4 is 5.73 Å². The van der Waals surface area contributed by atoms with Gasteiger partial charge < -0.3 is 10.6 Å². The van der Waals surface area contributed by atoms with Gasteiger partial charge in [0, 0.05) is 12.6 Å². The third-order valence-electron chi connectivity index (χ3n) is 4.06. The molecule has 0 aromatic heterocycles. The van der Waals surface area contributed by atoms with Crippen LogP contribution in [0.3, 0.4) is 0 Å².